The molecule has 0 saturated heterocycles. The van der Waals surface area contributed by atoms with Crippen molar-refractivity contribution in [2.75, 3.05) is 5.32 Å². The van der Waals surface area contributed by atoms with E-state index in [2.05, 4.69) is 10.6 Å². The number of carbonyl (C=O) groups excluding carboxylic acids is 1. The molecule has 0 aromatic heterocycles. The van der Waals surface area contributed by atoms with Crippen LogP contribution < -0.4 is 10.6 Å². The summed E-state index contributed by atoms with van der Waals surface area (Å²) >= 11 is 0. The number of benzene rings is 1. The summed E-state index contributed by atoms with van der Waals surface area (Å²) in [6.45, 7) is 1.66. The Balaban J connectivity index is 2.02. The van der Waals surface area contributed by atoms with E-state index >= 15 is 0 Å². The molecule has 5 nitrogen and oxygen atoms in total. The van der Waals surface area contributed by atoms with Gasteiger partial charge in [-0.2, -0.15) is 0 Å². The highest BCUT2D eigenvalue weighted by atomic mass is 19.1. The summed E-state index contributed by atoms with van der Waals surface area (Å²) in [5.74, 6) is -1.64. The van der Waals surface area contributed by atoms with Crippen molar-refractivity contribution in [1.29, 1.82) is 0 Å². The van der Waals surface area contributed by atoms with Crippen LogP contribution in [0.15, 0.2) is 18.2 Å². The van der Waals surface area contributed by atoms with Crippen molar-refractivity contribution in [2.24, 2.45) is 5.92 Å². The summed E-state index contributed by atoms with van der Waals surface area (Å²) in [6, 6.07) is 2.82. The number of hydrogen-bond donors (Lipinski definition) is 3. The third-order valence-electron chi connectivity index (χ3n) is 3.11. The van der Waals surface area contributed by atoms with E-state index in [0.29, 0.717) is 5.56 Å². The minimum Gasteiger partial charge on any atom is -0.480 e. The number of amides is 2. The summed E-state index contributed by atoms with van der Waals surface area (Å²) in [5, 5.41) is 13.7. The lowest BCUT2D eigenvalue weighted by Crippen LogP contribution is -2.44. The quantitative estimate of drug-likeness (QED) is 0.781. The fourth-order valence-corrected chi connectivity index (χ4v) is 1.89. The van der Waals surface area contributed by atoms with Crippen molar-refractivity contribution >= 4 is 17.7 Å². The number of carboxylic acids is 1. The summed E-state index contributed by atoms with van der Waals surface area (Å²) in [6.07, 6.45) is 1.58. The van der Waals surface area contributed by atoms with Crippen LogP contribution >= 0.6 is 0 Å². The van der Waals surface area contributed by atoms with Gasteiger partial charge in [0.25, 0.3) is 0 Å². The first kappa shape index (κ1) is 13.3. The topological polar surface area (TPSA) is 78.4 Å². The summed E-state index contributed by atoms with van der Waals surface area (Å²) in [7, 11) is 0. The first-order valence-electron chi connectivity index (χ1n) is 6.04. The number of para-hydroxylation sites is 1. The Hall–Kier alpha value is -2.11. The molecular weight excluding hydrogens is 251 g/mol. The molecule has 6 heteroatoms. The van der Waals surface area contributed by atoms with Crippen molar-refractivity contribution in [3.63, 3.8) is 0 Å². The molecule has 0 heterocycles. The number of rotatable bonds is 4. The van der Waals surface area contributed by atoms with Crippen LogP contribution in [0.4, 0.5) is 14.9 Å². The molecule has 0 bridgehead atoms. The Morgan fingerprint density at radius 2 is 2.11 bits per heavy atom. The van der Waals surface area contributed by atoms with E-state index in [1.807, 2.05) is 0 Å². The number of aliphatic carboxylic acids is 1. The maximum Gasteiger partial charge on any atom is 0.326 e. The third kappa shape index (κ3) is 3.21. The van der Waals surface area contributed by atoms with Gasteiger partial charge in [0.1, 0.15) is 11.9 Å². The molecule has 2 amide bonds. The molecule has 0 aliphatic heterocycles. The zero-order chi connectivity index (χ0) is 14.0. The monoisotopic (exact) mass is 266 g/mol. The average Bonchev–Trinajstić information content (AvgIpc) is 3.15. The number of anilines is 1. The van der Waals surface area contributed by atoms with E-state index in [4.69, 9.17) is 5.11 Å². The molecule has 1 saturated carbocycles. The number of hydrogen-bond acceptors (Lipinski definition) is 2. The highest BCUT2D eigenvalue weighted by molar-refractivity contribution is 5.93. The second kappa shape index (κ2) is 5.26. The van der Waals surface area contributed by atoms with Gasteiger partial charge in [-0.25, -0.2) is 14.0 Å². The predicted molar refractivity (Wildman–Crippen MR) is 67.4 cm³/mol. The summed E-state index contributed by atoms with van der Waals surface area (Å²) in [4.78, 5) is 22.7. The van der Waals surface area contributed by atoms with E-state index in [1.54, 1.807) is 13.0 Å². The largest absolute Gasteiger partial charge is 0.480 e. The fourth-order valence-electron chi connectivity index (χ4n) is 1.89. The Morgan fingerprint density at radius 3 is 2.63 bits per heavy atom. The standard InChI is InChI=1S/C13H15FN2O3/c1-7-3-2-4-9(14)10(7)15-13(19)16-11(12(17)18)8-5-6-8/h2-4,8,11H,5-6H2,1H3,(H,17,18)(H2,15,16,19). The minimum atomic E-state index is -1.07. The van der Waals surface area contributed by atoms with Crippen molar-refractivity contribution in [1.82, 2.24) is 5.32 Å². The van der Waals surface area contributed by atoms with Crippen molar-refractivity contribution < 1.29 is 19.1 Å². The number of aryl methyl sites for hydroxylation is 1. The number of urea groups is 1. The second-order valence-electron chi connectivity index (χ2n) is 4.68. The van der Waals surface area contributed by atoms with Gasteiger partial charge in [-0.05, 0) is 37.3 Å². The zero-order valence-corrected chi connectivity index (χ0v) is 10.4. The number of carboxylic acid groups (broad SMARTS) is 1. The van der Waals surface area contributed by atoms with E-state index < -0.39 is 23.9 Å². The lowest BCUT2D eigenvalue weighted by atomic mass is 10.2. The highest BCUT2D eigenvalue weighted by Gasteiger charge is 2.37. The van der Waals surface area contributed by atoms with Crippen LogP contribution in [0.2, 0.25) is 0 Å². The van der Waals surface area contributed by atoms with E-state index in [-0.39, 0.29) is 11.6 Å². The SMILES string of the molecule is Cc1cccc(F)c1NC(=O)NC(C(=O)O)C1CC1. The molecule has 19 heavy (non-hydrogen) atoms. The Kier molecular flexibility index (Phi) is 3.69. The number of nitrogens with one attached hydrogen (secondary N) is 2. The molecular formula is C13H15FN2O3. The van der Waals surface area contributed by atoms with Crippen LogP contribution in [0, 0.1) is 18.7 Å². The second-order valence-corrected chi connectivity index (χ2v) is 4.68. The summed E-state index contributed by atoms with van der Waals surface area (Å²) in [5.41, 5.74) is 0.647. The molecule has 2 rings (SSSR count). The van der Waals surface area contributed by atoms with Gasteiger partial charge in [-0.15, -0.1) is 0 Å². The first-order chi connectivity index (χ1) is 8.99. The summed E-state index contributed by atoms with van der Waals surface area (Å²) < 4.78 is 13.5. The van der Waals surface area contributed by atoms with Crippen LogP contribution in [0.3, 0.4) is 0 Å². The van der Waals surface area contributed by atoms with Crippen LogP contribution in [0.5, 0.6) is 0 Å². The lowest BCUT2D eigenvalue weighted by molar-refractivity contribution is -0.139. The molecule has 0 radical (unpaired) electrons. The maximum atomic E-state index is 13.5. The molecule has 1 aliphatic rings. The van der Waals surface area contributed by atoms with Gasteiger partial charge in [-0.3, -0.25) is 0 Å². The maximum absolute atomic E-state index is 13.5. The first-order valence-corrected chi connectivity index (χ1v) is 6.04. The van der Waals surface area contributed by atoms with Crippen LogP contribution in [0.1, 0.15) is 18.4 Å². The van der Waals surface area contributed by atoms with Crippen LogP contribution in [-0.2, 0) is 4.79 Å². The Bertz CT molecular complexity index is 494. The molecule has 3 N–H and O–H groups in total. The van der Waals surface area contributed by atoms with Crippen LogP contribution in [0.25, 0.3) is 0 Å². The molecule has 1 aromatic carbocycles. The van der Waals surface area contributed by atoms with Gasteiger partial charge >= 0.3 is 12.0 Å². The van der Waals surface area contributed by atoms with Crippen LogP contribution in [-0.4, -0.2) is 23.1 Å². The molecule has 1 aromatic rings. The average molecular weight is 266 g/mol. The van der Waals surface area contributed by atoms with Crippen molar-refractivity contribution in [3.8, 4) is 0 Å². The van der Waals surface area contributed by atoms with Gasteiger partial charge in [-0.1, -0.05) is 12.1 Å². The number of carbonyl (C=O) groups is 2. The molecule has 1 unspecified atom stereocenters. The number of halogens is 1. The third-order valence-corrected chi connectivity index (χ3v) is 3.11. The van der Waals surface area contributed by atoms with Gasteiger partial charge in [0, 0.05) is 0 Å². The van der Waals surface area contributed by atoms with Gasteiger partial charge < -0.3 is 15.7 Å². The Labute approximate surface area is 109 Å². The lowest BCUT2D eigenvalue weighted by Gasteiger charge is -2.15. The zero-order valence-electron chi connectivity index (χ0n) is 10.4. The molecule has 1 atom stereocenters. The predicted octanol–water partition coefficient (Wildman–Crippen LogP) is 2.12. The molecule has 1 aliphatic carbocycles. The van der Waals surface area contributed by atoms with E-state index in [1.165, 1.54) is 12.1 Å². The van der Waals surface area contributed by atoms with Gasteiger partial charge in [0.15, 0.2) is 0 Å². The van der Waals surface area contributed by atoms with Crippen molar-refractivity contribution in [2.45, 2.75) is 25.8 Å². The van der Waals surface area contributed by atoms with E-state index in [9.17, 15) is 14.0 Å². The van der Waals surface area contributed by atoms with E-state index in [0.717, 1.165) is 12.8 Å². The molecule has 102 valence electrons. The Morgan fingerprint density at radius 1 is 1.42 bits per heavy atom. The smallest absolute Gasteiger partial charge is 0.326 e. The highest BCUT2D eigenvalue weighted by Crippen LogP contribution is 2.32. The van der Waals surface area contributed by atoms with Gasteiger partial charge in [0.05, 0.1) is 5.69 Å². The fraction of sp³-hybridized carbons (Fsp3) is 0.385. The van der Waals surface area contributed by atoms with Crippen molar-refractivity contribution in [3.05, 3.63) is 29.6 Å². The molecule has 0 spiro atoms. The molecule has 1 fully saturated rings. The van der Waals surface area contributed by atoms with Gasteiger partial charge in [0.2, 0.25) is 0 Å². The minimum absolute atomic E-state index is 0.0232. The normalized spacial score (nSPS) is 15.7.